The highest BCUT2D eigenvalue weighted by atomic mass is 16.4. The van der Waals surface area contributed by atoms with Gasteiger partial charge in [-0.05, 0) is 56.7 Å². The van der Waals surface area contributed by atoms with E-state index in [4.69, 9.17) is 0 Å². The summed E-state index contributed by atoms with van der Waals surface area (Å²) in [5, 5.41) is 9.89. The Morgan fingerprint density at radius 2 is 2.29 bits per heavy atom. The molecule has 2 aliphatic rings. The second-order valence-corrected chi connectivity index (χ2v) is 6.64. The average Bonchev–Trinajstić information content (AvgIpc) is 3.03. The third kappa shape index (κ3) is 2.28. The van der Waals surface area contributed by atoms with Crippen molar-refractivity contribution >= 4 is 5.97 Å². The van der Waals surface area contributed by atoms with E-state index in [1.807, 2.05) is 0 Å². The number of benzene rings is 1. The highest BCUT2D eigenvalue weighted by Gasteiger charge is 2.50. The van der Waals surface area contributed by atoms with Crippen LogP contribution in [0.25, 0.3) is 0 Å². The van der Waals surface area contributed by atoms with Gasteiger partial charge in [0.2, 0.25) is 0 Å². The van der Waals surface area contributed by atoms with Crippen LogP contribution in [-0.4, -0.2) is 28.1 Å². The molecule has 1 aromatic carbocycles. The lowest BCUT2D eigenvalue weighted by atomic mass is 9.88. The summed E-state index contributed by atoms with van der Waals surface area (Å²) in [7, 11) is 0. The number of carboxylic acids is 1. The van der Waals surface area contributed by atoms with Gasteiger partial charge in [-0.25, -0.2) is 0 Å². The van der Waals surface area contributed by atoms with E-state index >= 15 is 0 Å². The molecule has 1 saturated heterocycles. The molecule has 2 unspecified atom stereocenters. The van der Waals surface area contributed by atoms with E-state index in [0.29, 0.717) is 6.04 Å². The van der Waals surface area contributed by atoms with Crippen LogP contribution in [0.15, 0.2) is 18.2 Å². The maximum Gasteiger partial charge on any atom is 0.324 e. The van der Waals surface area contributed by atoms with Crippen LogP contribution in [0.5, 0.6) is 0 Å². The molecule has 2 atom stereocenters. The molecule has 1 fully saturated rings. The first-order chi connectivity index (χ1) is 10.1. The van der Waals surface area contributed by atoms with Crippen molar-refractivity contribution in [3.05, 3.63) is 34.9 Å². The van der Waals surface area contributed by atoms with Crippen molar-refractivity contribution in [2.24, 2.45) is 0 Å². The lowest BCUT2D eigenvalue weighted by Gasteiger charge is -2.39. The first-order valence-electron chi connectivity index (χ1n) is 8.18. The number of fused-ring (bicyclic) bond motifs is 1. The van der Waals surface area contributed by atoms with E-state index in [2.05, 4.69) is 36.9 Å². The Hall–Kier alpha value is -1.35. The van der Waals surface area contributed by atoms with Crippen LogP contribution < -0.4 is 0 Å². The quantitative estimate of drug-likeness (QED) is 0.918. The van der Waals surface area contributed by atoms with E-state index in [0.717, 1.165) is 45.1 Å². The lowest BCUT2D eigenvalue weighted by molar-refractivity contribution is -0.152. The van der Waals surface area contributed by atoms with Crippen molar-refractivity contribution in [3.8, 4) is 0 Å². The maximum absolute atomic E-state index is 12.0. The molecule has 3 heteroatoms. The first kappa shape index (κ1) is 14.6. The van der Waals surface area contributed by atoms with Crippen molar-refractivity contribution in [3.63, 3.8) is 0 Å². The van der Waals surface area contributed by atoms with E-state index in [1.54, 1.807) is 0 Å². The van der Waals surface area contributed by atoms with E-state index in [1.165, 1.54) is 16.7 Å². The van der Waals surface area contributed by atoms with E-state index in [-0.39, 0.29) is 0 Å². The van der Waals surface area contributed by atoms with Gasteiger partial charge >= 0.3 is 5.97 Å². The Labute approximate surface area is 127 Å². The fourth-order valence-corrected chi connectivity index (χ4v) is 4.40. The Balaban J connectivity index is 1.97. The van der Waals surface area contributed by atoms with Gasteiger partial charge in [-0.15, -0.1) is 0 Å². The SMILES string of the molecule is CCCC1(C(=O)O)CCCN1C1CCc2ccc(C)cc21. The topological polar surface area (TPSA) is 40.5 Å². The normalized spacial score (nSPS) is 28.8. The molecule has 0 amide bonds. The lowest BCUT2D eigenvalue weighted by Crippen LogP contribution is -2.51. The minimum Gasteiger partial charge on any atom is -0.480 e. The zero-order chi connectivity index (χ0) is 15.0. The van der Waals surface area contributed by atoms with Gasteiger partial charge in [0, 0.05) is 6.04 Å². The van der Waals surface area contributed by atoms with Gasteiger partial charge < -0.3 is 5.11 Å². The molecule has 3 nitrogen and oxygen atoms in total. The summed E-state index contributed by atoms with van der Waals surface area (Å²) in [6.07, 6.45) is 5.64. The summed E-state index contributed by atoms with van der Waals surface area (Å²) >= 11 is 0. The molecule has 1 N–H and O–H groups in total. The fourth-order valence-electron chi connectivity index (χ4n) is 4.40. The molecular formula is C18H25NO2. The van der Waals surface area contributed by atoms with E-state index < -0.39 is 11.5 Å². The van der Waals surface area contributed by atoms with Crippen molar-refractivity contribution in [2.45, 2.75) is 64.0 Å². The van der Waals surface area contributed by atoms with Crippen LogP contribution in [0.1, 0.15) is 61.8 Å². The van der Waals surface area contributed by atoms with E-state index in [9.17, 15) is 9.90 Å². The number of aryl methyl sites for hydroxylation is 2. The van der Waals surface area contributed by atoms with Gasteiger partial charge in [0.15, 0.2) is 0 Å². The number of carboxylic acid groups (broad SMARTS) is 1. The van der Waals surface area contributed by atoms with Crippen LogP contribution in [0.4, 0.5) is 0 Å². The number of likely N-dealkylation sites (tertiary alicyclic amines) is 1. The minimum absolute atomic E-state index is 0.296. The second kappa shape index (κ2) is 5.45. The molecule has 1 heterocycles. The third-order valence-electron chi connectivity index (χ3n) is 5.32. The summed E-state index contributed by atoms with van der Waals surface area (Å²) in [6.45, 7) is 5.13. The molecule has 1 aliphatic carbocycles. The molecule has 114 valence electrons. The fraction of sp³-hybridized carbons (Fsp3) is 0.611. The summed E-state index contributed by atoms with van der Waals surface area (Å²) in [6, 6.07) is 6.96. The second-order valence-electron chi connectivity index (χ2n) is 6.64. The van der Waals surface area contributed by atoms with Gasteiger partial charge in [-0.1, -0.05) is 37.1 Å². The molecular weight excluding hydrogens is 262 g/mol. The average molecular weight is 287 g/mol. The van der Waals surface area contributed by atoms with Crippen LogP contribution in [0.2, 0.25) is 0 Å². The Morgan fingerprint density at radius 3 is 3.00 bits per heavy atom. The predicted octanol–water partition coefficient (Wildman–Crippen LogP) is 3.70. The standard InChI is InChI=1S/C18H25NO2/c1-3-9-18(17(20)21)10-4-11-19(18)16-8-7-14-6-5-13(2)12-15(14)16/h5-6,12,16H,3-4,7-11H2,1-2H3,(H,20,21). The van der Waals surface area contributed by atoms with Gasteiger partial charge in [0.25, 0.3) is 0 Å². The largest absolute Gasteiger partial charge is 0.480 e. The van der Waals surface area contributed by atoms with Crippen molar-refractivity contribution in [1.82, 2.24) is 4.90 Å². The molecule has 0 spiro atoms. The zero-order valence-electron chi connectivity index (χ0n) is 13.1. The molecule has 0 radical (unpaired) electrons. The predicted molar refractivity (Wildman–Crippen MR) is 83.5 cm³/mol. The Kier molecular flexibility index (Phi) is 3.78. The van der Waals surface area contributed by atoms with Crippen LogP contribution in [0, 0.1) is 6.92 Å². The molecule has 3 rings (SSSR count). The Bertz CT molecular complexity index is 554. The molecule has 0 bridgehead atoms. The van der Waals surface area contributed by atoms with Gasteiger partial charge in [0.1, 0.15) is 5.54 Å². The first-order valence-corrected chi connectivity index (χ1v) is 8.18. The number of hydrogen-bond donors (Lipinski definition) is 1. The maximum atomic E-state index is 12.0. The van der Waals surface area contributed by atoms with Gasteiger partial charge in [-0.3, -0.25) is 9.69 Å². The summed E-state index contributed by atoms with van der Waals surface area (Å²) in [5.74, 6) is -0.622. The number of nitrogens with zero attached hydrogens (tertiary/aromatic N) is 1. The van der Waals surface area contributed by atoms with Crippen molar-refractivity contribution in [2.75, 3.05) is 6.54 Å². The molecule has 0 saturated carbocycles. The van der Waals surface area contributed by atoms with Crippen molar-refractivity contribution < 1.29 is 9.90 Å². The van der Waals surface area contributed by atoms with Gasteiger partial charge in [0.05, 0.1) is 0 Å². The monoisotopic (exact) mass is 287 g/mol. The van der Waals surface area contributed by atoms with Crippen LogP contribution in [-0.2, 0) is 11.2 Å². The molecule has 1 aliphatic heterocycles. The minimum atomic E-state index is -0.634. The number of hydrogen-bond acceptors (Lipinski definition) is 2. The zero-order valence-corrected chi connectivity index (χ0v) is 13.1. The molecule has 1 aromatic rings. The number of aliphatic carboxylic acids is 1. The third-order valence-corrected chi connectivity index (χ3v) is 5.32. The Morgan fingerprint density at radius 1 is 1.48 bits per heavy atom. The van der Waals surface area contributed by atoms with Crippen LogP contribution >= 0.6 is 0 Å². The molecule has 21 heavy (non-hydrogen) atoms. The van der Waals surface area contributed by atoms with Gasteiger partial charge in [-0.2, -0.15) is 0 Å². The molecule has 0 aromatic heterocycles. The van der Waals surface area contributed by atoms with Crippen molar-refractivity contribution in [1.29, 1.82) is 0 Å². The van der Waals surface area contributed by atoms with Crippen LogP contribution in [0.3, 0.4) is 0 Å². The summed E-state index contributed by atoms with van der Waals surface area (Å²) < 4.78 is 0. The highest BCUT2D eigenvalue weighted by molar-refractivity contribution is 5.79. The summed E-state index contributed by atoms with van der Waals surface area (Å²) in [5.41, 5.74) is 3.42. The summed E-state index contributed by atoms with van der Waals surface area (Å²) in [4.78, 5) is 14.3. The highest BCUT2D eigenvalue weighted by Crippen LogP contribution is 2.45. The smallest absolute Gasteiger partial charge is 0.324 e. The number of rotatable bonds is 4. The number of carbonyl (C=O) groups is 1.